The lowest BCUT2D eigenvalue weighted by Crippen LogP contribution is -2.40. The second-order valence-electron chi connectivity index (χ2n) is 6.21. The van der Waals surface area contributed by atoms with Gasteiger partial charge in [0, 0.05) is 23.9 Å². The number of aliphatic imine (C=N–C) groups is 1. The monoisotopic (exact) mass is 471 g/mol. The van der Waals surface area contributed by atoms with E-state index in [9.17, 15) is 0 Å². The van der Waals surface area contributed by atoms with Crippen molar-refractivity contribution in [2.75, 3.05) is 20.4 Å². The molecular formula is C18H22IN3O2S. The van der Waals surface area contributed by atoms with Gasteiger partial charge in [0.2, 0.25) is 6.79 Å². The molecule has 1 aliphatic heterocycles. The number of guanidine groups is 1. The third-order valence-corrected chi connectivity index (χ3v) is 5.54. The molecule has 0 radical (unpaired) electrons. The van der Waals surface area contributed by atoms with Crippen molar-refractivity contribution in [2.45, 2.75) is 24.8 Å². The topological polar surface area (TPSA) is 54.9 Å². The highest BCUT2D eigenvalue weighted by Crippen LogP contribution is 2.49. The SMILES string of the molecule is CN=C(NCc1cccs1)NCC1(c2ccc3c(c2)OCO3)CC1.I. The quantitative estimate of drug-likeness (QED) is 0.399. The Kier molecular flexibility index (Phi) is 5.73. The lowest BCUT2D eigenvalue weighted by Gasteiger charge is -2.19. The number of nitrogens with one attached hydrogen (secondary N) is 2. The van der Waals surface area contributed by atoms with Gasteiger partial charge < -0.3 is 20.1 Å². The van der Waals surface area contributed by atoms with Gasteiger partial charge in [-0.15, -0.1) is 35.3 Å². The number of hydrogen-bond donors (Lipinski definition) is 2. The summed E-state index contributed by atoms with van der Waals surface area (Å²) >= 11 is 1.75. The lowest BCUT2D eigenvalue weighted by molar-refractivity contribution is 0.174. The molecule has 0 amide bonds. The summed E-state index contributed by atoms with van der Waals surface area (Å²) in [4.78, 5) is 5.63. The molecule has 2 aromatic rings. The van der Waals surface area contributed by atoms with Crippen LogP contribution in [0, 0.1) is 0 Å². The highest BCUT2D eigenvalue weighted by molar-refractivity contribution is 14.0. The van der Waals surface area contributed by atoms with Crippen molar-refractivity contribution in [3.63, 3.8) is 0 Å². The van der Waals surface area contributed by atoms with Crippen LogP contribution in [0.4, 0.5) is 0 Å². The van der Waals surface area contributed by atoms with Crippen LogP contribution in [0.2, 0.25) is 0 Å². The van der Waals surface area contributed by atoms with Crippen LogP contribution in [0.3, 0.4) is 0 Å². The summed E-state index contributed by atoms with van der Waals surface area (Å²) in [6.45, 7) is 1.99. The first kappa shape index (κ1) is 18.3. The Hall–Kier alpha value is -1.48. The Morgan fingerprint density at radius 2 is 2.04 bits per heavy atom. The molecule has 0 unspecified atom stereocenters. The molecule has 2 aliphatic rings. The second kappa shape index (κ2) is 7.82. The van der Waals surface area contributed by atoms with E-state index in [4.69, 9.17) is 9.47 Å². The van der Waals surface area contributed by atoms with Gasteiger partial charge in [-0.25, -0.2) is 0 Å². The van der Waals surface area contributed by atoms with Gasteiger partial charge in [0.05, 0.1) is 6.54 Å². The first-order valence-corrected chi connectivity index (χ1v) is 9.04. The molecule has 0 atom stereocenters. The van der Waals surface area contributed by atoms with Crippen LogP contribution in [-0.4, -0.2) is 26.3 Å². The number of halogens is 1. The Morgan fingerprint density at radius 3 is 2.76 bits per heavy atom. The number of rotatable bonds is 5. The fourth-order valence-corrected chi connectivity index (χ4v) is 3.65. The highest BCUT2D eigenvalue weighted by Gasteiger charge is 2.44. The van der Waals surface area contributed by atoms with Crippen LogP contribution >= 0.6 is 35.3 Å². The molecule has 5 nitrogen and oxygen atoms in total. The first-order valence-electron chi connectivity index (χ1n) is 8.16. The van der Waals surface area contributed by atoms with Crippen LogP contribution in [0.15, 0.2) is 40.7 Å². The second-order valence-corrected chi connectivity index (χ2v) is 7.24. The number of hydrogen-bond acceptors (Lipinski definition) is 4. The predicted molar refractivity (Wildman–Crippen MR) is 111 cm³/mol. The fraction of sp³-hybridized carbons (Fsp3) is 0.389. The van der Waals surface area contributed by atoms with Crippen molar-refractivity contribution in [1.29, 1.82) is 0 Å². The number of fused-ring (bicyclic) bond motifs is 1. The normalized spacial score (nSPS) is 16.9. The van der Waals surface area contributed by atoms with E-state index < -0.39 is 0 Å². The van der Waals surface area contributed by atoms with E-state index in [1.165, 1.54) is 23.3 Å². The largest absolute Gasteiger partial charge is 0.454 e. The van der Waals surface area contributed by atoms with E-state index >= 15 is 0 Å². The zero-order valence-corrected chi connectivity index (χ0v) is 17.2. The summed E-state index contributed by atoms with van der Waals surface area (Å²) < 4.78 is 10.9. The minimum atomic E-state index is 0. The first-order chi connectivity index (χ1) is 11.8. The molecule has 1 aromatic carbocycles. The molecule has 1 fully saturated rings. The van der Waals surface area contributed by atoms with Gasteiger partial charge in [0.1, 0.15) is 0 Å². The fourth-order valence-electron chi connectivity index (χ4n) is 3.00. The molecule has 7 heteroatoms. The average Bonchev–Trinajstić information content (AvgIpc) is 3.01. The molecule has 1 aliphatic carbocycles. The van der Waals surface area contributed by atoms with Crippen LogP contribution in [0.1, 0.15) is 23.3 Å². The van der Waals surface area contributed by atoms with Gasteiger partial charge >= 0.3 is 0 Å². The minimum absolute atomic E-state index is 0. The summed E-state index contributed by atoms with van der Waals surface area (Å²) in [5.41, 5.74) is 1.50. The van der Waals surface area contributed by atoms with E-state index in [1.54, 1.807) is 11.3 Å². The van der Waals surface area contributed by atoms with Crippen molar-refractivity contribution < 1.29 is 9.47 Å². The van der Waals surface area contributed by atoms with E-state index in [0.29, 0.717) is 6.79 Å². The standard InChI is InChI=1S/C18H21N3O2S.HI/c1-19-17(20-10-14-3-2-8-24-14)21-11-18(6-7-18)13-4-5-15-16(9-13)23-12-22-15;/h2-5,8-9H,6-7,10-12H2,1H3,(H2,19,20,21);1H. The maximum atomic E-state index is 5.51. The van der Waals surface area contributed by atoms with Gasteiger partial charge in [-0.3, -0.25) is 4.99 Å². The Balaban J connectivity index is 0.00000182. The highest BCUT2D eigenvalue weighted by atomic mass is 127. The maximum Gasteiger partial charge on any atom is 0.231 e. The van der Waals surface area contributed by atoms with Crippen molar-refractivity contribution >= 4 is 41.3 Å². The maximum absolute atomic E-state index is 5.51. The molecule has 4 rings (SSSR count). The van der Waals surface area contributed by atoms with E-state index in [-0.39, 0.29) is 29.4 Å². The zero-order valence-electron chi connectivity index (χ0n) is 14.1. The van der Waals surface area contributed by atoms with Crippen molar-refractivity contribution in [2.24, 2.45) is 4.99 Å². The molecule has 134 valence electrons. The van der Waals surface area contributed by atoms with Crippen LogP contribution in [-0.2, 0) is 12.0 Å². The molecule has 0 spiro atoms. The van der Waals surface area contributed by atoms with Crippen LogP contribution < -0.4 is 20.1 Å². The van der Waals surface area contributed by atoms with Crippen LogP contribution in [0.25, 0.3) is 0 Å². The molecule has 1 saturated carbocycles. The van der Waals surface area contributed by atoms with Gasteiger partial charge in [-0.1, -0.05) is 12.1 Å². The smallest absolute Gasteiger partial charge is 0.231 e. The molecule has 0 saturated heterocycles. The van der Waals surface area contributed by atoms with E-state index in [2.05, 4.69) is 45.3 Å². The molecule has 2 N–H and O–H groups in total. The molecular weight excluding hydrogens is 449 g/mol. The van der Waals surface area contributed by atoms with Gasteiger partial charge in [-0.2, -0.15) is 0 Å². The summed E-state index contributed by atoms with van der Waals surface area (Å²) in [6.07, 6.45) is 2.36. The van der Waals surface area contributed by atoms with Crippen molar-refractivity contribution in [1.82, 2.24) is 10.6 Å². The Bertz CT molecular complexity index is 745. The van der Waals surface area contributed by atoms with E-state index in [1.807, 2.05) is 13.1 Å². The summed E-state index contributed by atoms with van der Waals surface area (Å²) in [7, 11) is 1.81. The third-order valence-electron chi connectivity index (χ3n) is 4.67. The van der Waals surface area contributed by atoms with E-state index in [0.717, 1.165) is 30.5 Å². The average molecular weight is 471 g/mol. The number of ether oxygens (including phenoxy) is 2. The van der Waals surface area contributed by atoms with Gasteiger partial charge in [0.15, 0.2) is 17.5 Å². The van der Waals surface area contributed by atoms with Crippen molar-refractivity contribution in [3.05, 3.63) is 46.2 Å². The number of thiophene rings is 1. The predicted octanol–water partition coefficient (Wildman–Crippen LogP) is 3.49. The molecule has 0 bridgehead atoms. The molecule has 1 aromatic heterocycles. The lowest BCUT2D eigenvalue weighted by atomic mass is 9.95. The van der Waals surface area contributed by atoms with Crippen LogP contribution in [0.5, 0.6) is 11.5 Å². The third kappa shape index (κ3) is 4.03. The summed E-state index contributed by atoms with van der Waals surface area (Å²) in [5.74, 6) is 2.55. The number of benzene rings is 1. The zero-order chi connectivity index (χ0) is 16.4. The summed E-state index contributed by atoms with van der Waals surface area (Å²) in [5, 5.41) is 8.93. The molecule has 25 heavy (non-hydrogen) atoms. The minimum Gasteiger partial charge on any atom is -0.454 e. The summed E-state index contributed by atoms with van der Waals surface area (Å²) in [6, 6.07) is 10.5. The Morgan fingerprint density at radius 1 is 1.20 bits per heavy atom. The van der Waals surface area contributed by atoms with Crippen molar-refractivity contribution in [3.8, 4) is 11.5 Å². The molecule has 2 heterocycles. The van der Waals surface area contributed by atoms with Gasteiger partial charge in [-0.05, 0) is 42.0 Å². The van der Waals surface area contributed by atoms with Gasteiger partial charge in [0.25, 0.3) is 0 Å². The number of nitrogens with zero attached hydrogens (tertiary/aromatic N) is 1. The Labute approximate surface area is 168 Å².